The molecule has 0 aliphatic heterocycles. The van der Waals surface area contributed by atoms with Crippen LogP contribution in [0.1, 0.15) is 62.6 Å². The second kappa shape index (κ2) is 7.24. The van der Waals surface area contributed by atoms with Crippen LogP contribution >= 0.6 is 0 Å². The average Bonchev–Trinajstić information content (AvgIpc) is 2.50. The Hall–Kier alpha value is -0.860. The minimum Gasteiger partial charge on any atom is -0.326 e. The Morgan fingerprint density at radius 1 is 1.20 bits per heavy atom. The number of benzene rings is 1. The predicted octanol–water partition coefficient (Wildman–Crippen LogP) is 4.04. The normalized spacial score (nSPS) is 20.1. The molecule has 0 bridgehead atoms. The van der Waals surface area contributed by atoms with Crippen LogP contribution in [0.2, 0.25) is 0 Å². The van der Waals surface area contributed by atoms with Gasteiger partial charge in [0.05, 0.1) is 6.04 Å². The molecule has 2 heteroatoms. The lowest BCUT2D eigenvalue weighted by Crippen LogP contribution is -2.44. The number of aryl methyl sites for hydroxylation is 1. The molecular weight excluding hydrogens is 244 g/mol. The molecule has 0 radical (unpaired) electrons. The van der Waals surface area contributed by atoms with Crippen LogP contribution in [-0.4, -0.2) is 24.0 Å². The van der Waals surface area contributed by atoms with Gasteiger partial charge in [-0.15, -0.1) is 0 Å². The summed E-state index contributed by atoms with van der Waals surface area (Å²) < 4.78 is 0. The zero-order valence-corrected chi connectivity index (χ0v) is 13.3. The predicted molar refractivity (Wildman–Crippen MR) is 86.8 cm³/mol. The molecule has 20 heavy (non-hydrogen) atoms. The van der Waals surface area contributed by atoms with Crippen LogP contribution in [0.15, 0.2) is 24.3 Å². The van der Waals surface area contributed by atoms with Gasteiger partial charge in [-0.1, -0.05) is 50.5 Å². The zero-order chi connectivity index (χ0) is 14.5. The molecule has 1 aliphatic carbocycles. The standard InChI is InChI=1S/C18H30N2/c1-4-17(19)18(16-13-9-8-10-14(16)2)20(3)15-11-6-5-7-12-15/h8-10,13,15,17-18H,4-7,11-12,19H2,1-3H3. The molecule has 112 valence electrons. The highest BCUT2D eigenvalue weighted by molar-refractivity contribution is 5.30. The van der Waals surface area contributed by atoms with Crippen LogP contribution in [0.4, 0.5) is 0 Å². The van der Waals surface area contributed by atoms with E-state index < -0.39 is 0 Å². The first-order chi connectivity index (χ1) is 9.65. The third-order valence-electron chi connectivity index (χ3n) is 4.97. The Balaban J connectivity index is 2.25. The van der Waals surface area contributed by atoms with E-state index in [1.54, 1.807) is 0 Å². The second-order valence-corrected chi connectivity index (χ2v) is 6.33. The third kappa shape index (κ3) is 3.42. The van der Waals surface area contributed by atoms with Crippen LogP contribution < -0.4 is 5.73 Å². The van der Waals surface area contributed by atoms with E-state index in [0.717, 1.165) is 6.42 Å². The van der Waals surface area contributed by atoms with Gasteiger partial charge in [0.1, 0.15) is 0 Å². The molecule has 1 aromatic rings. The van der Waals surface area contributed by atoms with Crippen molar-refractivity contribution in [1.29, 1.82) is 0 Å². The molecule has 2 rings (SSSR count). The number of rotatable bonds is 5. The highest BCUT2D eigenvalue weighted by Crippen LogP contribution is 2.32. The Kier molecular flexibility index (Phi) is 5.62. The van der Waals surface area contributed by atoms with E-state index in [1.807, 2.05) is 0 Å². The smallest absolute Gasteiger partial charge is 0.0501 e. The molecule has 1 saturated carbocycles. The molecule has 2 atom stereocenters. The first kappa shape index (κ1) is 15.5. The summed E-state index contributed by atoms with van der Waals surface area (Å²) in [5.41, 5.74) is 9.26. The molecule has 1 aliphatic rings. The minimum absolute atomic E-state index is 0.211. The van der Waals surface area contributed by atoms with E-state index in [1.165, 1.54) is 43.2 Å². The fraction of sp³-hybridized carbons (Fsp3) is 0.667. The molecule has 0 heterocycles. The van der Waals surface area contributed by atoms with E-state index in [-0.39, 0.29) is 6.04 Å². The van der Waals surface area contributed by atoms with Crippen molar-refractivity contribution < 1.29 is 0 Å². The van der Waals surface area contributed by atoms with Crippen LogP contribution in [0, 0.1) is 6.92 Å². The molecule has 0 aromatic heterocycles. The maximum absolute atomic E-state index is 6.48. The van der Waals surface area contributed by atoms with Crippen molar-refractivity contribution in [3.8, 4) is 0 Å². The SMILES string of the molecule is CCC(N)C(c1ccccc1C)N(C)C1CCCCC1. The zero-order valence-electron chi connectivity index (χ0n) is 13.3. The summed E-state index contributed by atoms with van der Waals surface area (Å²) in [6, 6.07) is 9.99. The van der Waals surface area contributed by atoms with Crippen molar-refractivity contribution in [3.63, 3.8) is 0 Å². The monoisotopic (exact) mass is 274 g/mol. The molecule has 1 fully saturated rings. The summed E-state index contributed by atoms with van der Waals surface area (Å²) in [5.74, 6) is 0. The van der Waals surface area contributed by atoms with Gasteiger partial charge in [0, 0.05) is 12.1 Å². The summed E-state index contributed by atoms with van der Waals surface area (Å²) in [5, 5.41) is 0. The van der Waals surface area contributed by atoms with Gasteiger partial charge in [-0.2, -0.15) is 0 Å². The lowest BCUT2D eigenvalue weighted by molar-refractivity contribution is 0.118. The summed E-state index contributed by atoms with van der Waals surface area (Å²) in [6.07, 6.45) is 7.83. The highest BCUT2D eigenvalue weighted by Gasteiger charge is 2.29. The van der Waals surface area contributed by atoms with Crippen molar-refractivity contribution in [2.75, 3.05) is 7.05 Å². The van der Waals surface area contributed by atoms with Crippen molar-refractivity contribution in [1.82, 2.24) is 4.90 Å². The van der Waals surface area contributed by atoms with Crippen LogP contribution in [0.3, 0.4) is 0 Å². The number of likely N-dealkylation sites (N-methyl/N-ethyl adjacent to an activating group) is 1. The van der Waals surface area contributed by atoms with Crippen LogP contribution in [-0.2, 0) is 0 Å². The molecule has 2 nitrogen and oxygen atoms in total. The Morgan fingerprint density at radius 3 is 2.45 bits per heavy atom. The number of hydrogen-bond acceptors (Lipinski definition) is 2. The van der Waals surface area contributed by atoms with E-state index in [9.17, 15) is 0 Å². The van der Waals surface area contributed by atoms with Crippen molar-refractivity contribution in [2.45, 2.75) is 70.5 Å². The summed E-state index contributed by atoms with van der Waals surface area (Å²) in [6.45, 7) is 4.41. The highest BCUT2D eigenvalue weighted by atomic mass is 15.2. The summed E-state index contributed by atoms with van der Waals surface area (Å²) >= 11 is 0. The molecule has 0 amide bonds. The van der Waals surface area contributed by atoms with Crippen LogP contribution in [0.5, 0.6) is 0 Å². The first-order valence-electron chi connectivity index (χ1n) is 8.18. The largest absolute Gasteiger partial charge is 0.326 e. The number of hydrogen-bond donors (Lipinski definition) is 1. The quantitative estimate of drug-likeness (QED) is 0.878. The van der Waals surface area contributed by atoms with Gasteiger partial charge in [0.25, 0.3) is 0 Å². The summed E-state index contributed by atoms with van der Waals surface area (Å²) in [7, 11) is 2.28. The van der Waals surface area contributed by atoms with E-state index in [0.29, 0.717) is 12.1 Å². The topological polar surface area (TPSA) is 29.3 Å². The van der Waals surface area contributed by atoms with Gasteiger partial charge in [-0.25, -0.2) is 0 Å². The van der Waals surface area contributed by atoms with Crippen molar-refractivity contribution in [3.05, 3.63) is 35.4 Å². The molecule has 2 N–H and O–H groups in total. The lowest BCUT2D eigenvalue weighted by atomic mass is 9.88. The third-order valence-corrected chi connectivity index (χ3v) is 4.97. The first-order valence-corrected chi connectivity index (χ1v) is 8.18. The minimum atomic E-state index is 0.211. The van der Waals surface area contributed by atoms with E-state index >= 15 is 0 Å². The van der Waals surface area contributed by atoms with Gasteiger partial charge in [0.15, 0.2) is 0 Å². The maximum Gasteiger partial charge on any atom is 0.0501 e. The van der Waals surface area contributed by atoms with Gasteiger partial charge in [-0.05, 0) is 44.4 Å². The van der Waals surface area contributed by atoms with Gasteiger partial charge < -0.3 is 5.73 Å². The second-order valence-electron chi connectivity index (χ2n) is 6.33. The van der Waals surface area contributed by atoms with Crippen molar-refractivity contribution >= 4 is 0 Å². The van der Waals surface area contributed by atoms with Gasteiger partial charge in [0.2, 0.25) is 0 Å². The Morgan fingerprint density at radius 2 is 1.85 bits per heavy atom. The average molecular weight is 274 g/mol. The van der Waals surface area contributed by atoms with Gasteiger partial charge >= 0.3 is 0 Å². The maximum atomic E-state index is 6.48. The molecule has 0 spiro atoms. The van der Waals surface area contributed by atoms with E-state index in [2.05, 4.69) is 50.1 Å². The fourth-order valence-electron chi connectivity index (χ4n) is 3.61. The molecule has 2 unspecified atom stereocenters. The van der Waals surface area contributed by atoms with Crippen LogP contribution in [0.25, 0.3) is 0 Å². The molecule has 0 saturated heterocycles. The fourth-order valence-corrected chi connectivity index (χ4v) is 3.61. The molecule has 1 aromatic carbocycles. The Bertz CT molecular complexity index is 410. The molecular formula is C18H30N2. The van der Waals surface area contributed by atoms with Gasteiger partial charge in [-0.3, -0.25) is 4.90 Å². The van der Waals surface area contributed by atoms with Crippen molar-refractivity contribution in [2.24, 2.45) is 5.73 Å². The number of nitrogens with zero attached hydrogens (tertiary/aromatic N) is 1. The van der Waals surface area contributed by atoms with E-state index in [4.69, 9.17) is 5.73 Å². The Labute approximate surface area is 124 Å². The number of nitrogens with two attached hydrogens (primary N) is 1. The summed E-state index contributed by atoms with van der Waals surface area (Å²) in [4.78, 5) is 2.57. The lowest BCUT2D eigenvalue weighted by Gasteiger charge is -2.40.